The van der Waals surface area contributed by atoms with Crippen molar-refractivity contribution in [2.45, 2.75) is 271 Å². The molecule has 61 heavy (non-hydrogen) atoms. The lowest BCUT2D eigenvalue weighted by Crippen LogP contribution is -2.30. The van der Waals surface area contributed by atoms with Gasteiger partial charge in [0.2, 0.25) is 0 Å². The maximum atomic E-state index is 13.1. The molecule has 0 radical (unpaired) electrons. The molecular formula is C55H98O6. The molecule has 1 unspecified atom stereocenters. The van der Waals surface area contributed by atoms with Crippen LogP contribution < -0.4 is 0 Å². The van der Waals surface area contributed by atoms with E-state index in [0.717, 1.165) is 109 Å². The highest BCUT2D eigenvalue weighted by atomic mass is 16.6. The van der Waals surface area contributed by atoms with Crippen molar-refractivity contribution in [3.8, 4) is 0 Å². The minimum absolute atomic E-state index is 0.136. The number of unbranched alkanes of at least 4 members (excludes halogenated alkanes) is 28. The van der Waals surface area contributed by atoms with E-state index in [1.54, 1.807) is 0 Å². The third-order valence-electron chi connectivity index (χ3n) is 10.9. The van der Waals surface area contributed by atoms with Gasteiger partial charge in [0.1, 0.15) is 13.1 Å². The molecule has 0 aromatic rings. The van der Waals surface area contributed by atoms with Crippen molar-refractivity contribution in [1.29, 1.82) is 0 Å². The molecule has 0 aliphatic rings. The normalized spacial score (nSPS) is 14.6. The number of ether oxygens (including phenoxy) is 3. The average molecular weight is 860 g/mol. The Balaban J connectivity index is 5.06. The Bertz CT molecular complexity index is 1300. The zero-order valence-corrected chi connectivity index (χ0v) is 39.9. The van der Waals surface area contributed by atoms with Crippen LogP contribution in [0.3, 0.4) is 0 Å². The van der Waals surface area contributed by atoms with E-state index >= 15 is 0 Å². The zero-order valence-electron chi connectivity index (χ0n) is 44.9. The Hall–Kier alpha value is -2.63. The molecule has 0 aromatic heterocycles. The Morgan fingerprint density at radius 3 is 1.07 bits per heavy atom. The summed E-state index contributed by atoms with van der Waals surface area (Å²) >= 11 is 0. The molecule has 0 spiro atoms. The molecule has 0 N–H and O–H groups in total. The van der Waals surface area contributed by atoms with Gasteiger partial charge < -0.3 is 14.2 Å². The Morgan fingerprint density at radius 1 is 0.393 bits per heavy atom. The first-order valence-electron chi connectivity index (χ1n) is 28.1. The smallest absolute Gasteiger partial charge is 0.306 e. The first-order valence-corrected chi connectivity index (χ1v) is 25.6. The van der Waals surface area contributed by atoms with E-state index in [0.29, 0.717) is 25.7 Å². The highest BCUT2D eigenvalue weighted by molar-refractivity contribution is 5.71. The molecule has 0 heterocycles. The van der Waals surface area contributed by atoms with Gasteiger partial charge in [0, 0.05) is 19.3 Å². The fourth-order valence-corrected chi connectivity index (χ4v) is 7.05. The van der Waals surface area contributed by atoms with Crippen LogP contribution in [0.1, 0.15) is 272 Å². The monoisotopic (exact) mass is 860 g/mol. The van der Waals surface area contributed by atoms with E-state index in [-0.39, 0.29) is 19.3 Å². The predicted molar refractivity (Wildman–Crippen MR) is 261 cm³/mol. The SMILES string of the molecule is [2H]C([2H])(OC(=O)CCCCCCC/C=C\CCCCCCCC)C([2H])(OC(=O)CCCCCCC/C=C\C/C=C\C/C=C\CC)C([2H])([2H])OC(=O)CCCCCCCCCCCCCCC. The quantitative estimate of drug-likeness (QED) is 0.0262. The average Bonchev–Trinajstić information content (AvgIpc) is 3.27. The van der Waals surface area contributed by atoms with Gasteiger partial charge in [-0.3, -0.25) is 14.4 Å². The Kier molecular flexibility index (Phi) is 40.5. The Labute approximate surface area is 385 Å². The van der Waals surface area contributed by atoms with Crippen LogP contribution in [-0.2, 0) is 28.6 Å². The number of carbonyl (C=O) groups is 3. The molecule has 0 saturated heterocycles. The molecule has 354 valence electrons. The fraction of sp³-hybridized carbons (Fsp3) is 0.800. The van der Waals surface area contributed by atoms with Crippen molar-refractivity contribution >= 4 is 17.9 Å². The number of hydrogen-bond donors (Lipinski definition) is 0. The van der Waals surface area contributed by atoms with Crippen LogP contribution in [0.5, 0.6) is 0 Å². The van der Waals surface area contributed by atoms with Gasteiger partial charge in [-0.15, -0.1) is 0 Å². The number of carbonyl (C=O) groups excluding carboxylic acids is 3. The van der Waals surface area contributed by atoms with Gasteiger partial charge in [0.15, 0.2) is 6.08 Å². The second-order valence-corrected chi connectivity index (χ2v) is 16.9. The largest absolute Gasteiger partial charge is 0.462 e. The van der Waals surface area contributed by atoms with E-state index < -0.39 is 37.1 Å². The molecule has 0 aromatic carbocycles. The topological polar surface area (TPSA) is 78.9 Å². The van der Waals surface area contributed by atoms with Crippen molar-refractivity contribution in [2.24, 2.45) is 0 Å². The second kappa shape index (κ2) is 50.0. The van der Waals surface area contributed by atoms with Crippen molar-refractivity contribution in [2.75, 3.05) is 13.1 Å². The molecule has 0 fully saturated rings. The van der Waals surface area contributed by atoms with Crippen LogP contribution in [0.2, 0.25) is 0 Å². The summed E-state index contributed by atoms with van der Waals surface area (Å²) in [5.74, 6) is -2.98. The summed E-state index contributed by atoms with van der Waals surface area (Å²) in [5, 5.41) is 0. The van der Waals surface area contributed by atoms with E-state index in [9.17, 15) is 14.4 Å². The highest BCUT2D eigenvalue weighted by Crippen LogP contribution is 2.15. The molecule has 0 amide bonds. The Morgan fingerprint density at radius 2 is 0.689 bits per heavy atom. The van der Waals surface area contributed by atoms with Gasteiger partial charge in [-0.2, -0.15) is 0 Å². The molecule has 0 aliphatic heterocycles. The fourth-order valence-electron chi connectivity index (χ4n) is 7.05. The lowest BCUT2D eigenvalue weighted by molar-refractivity contribution is -0.167. The van der Waals surface area contributed by atoms with Gasteiger partial charge in [0.05, 0.1) is 6.85 Å². The molecule has 6 nitrogen and oxygen atoms in total. The molecule has 0 rings (SSSR count). The number of hydrogen-bond acceptors (Lipinski definition) is 6. The van der Waals surface area contributed by atoms with E-state index in [2.05, 4.69) is 69.4 Å². The third kappa shape index (κ3) is 48.3. The molecule has 6 heteroatoms. The van der Waals surface area contributed by atoms with Gasteiger partial charge >= 0.3 is 17.9 Å². The van der Waals surface area contributed by atoms with Crippen LogP contribution in [0.15, 0.2) is 48.6 Å². The van der Waals surface area contributed by atoms with Crippen molar-refractivity contribution < 1.29 is 35.4 Å². The number of rotatable bonds is 47. The van der Waals surface area contributed by atoms with Crippen LogP contribution in [0, 0.1) is 0 Å². The van der Waals surface area contributed by atoms with Gasteiger partial charge in [-0.05, 0) is 77.0 Å². The standard InChI is InChI=1S/C55H98O6/c1-4-7-10-13-16-19-22-25-27-30-33-36-39-42-45-48-54(57)60-51-52(50-59-53(56)47-44-41-38-35-32-29-24-21-18-15-12-9-6-3)61-55(58)49-46-43-40-37-34-31-28-26-23-20-17-14-11-8-5-2/h8,11,17,20,25-28,52H,4-7,9-10,12-16,18-19,21-24,29-51H2,1-3H3/b11-8-,20-17-,27-25-,28-26-/i50D2,51D2,52D. The molecule has 0 aliphatic carbocycles. The zero-order chi connectivity index (χ0) is 48.9. The maximum absolute atomic E-state index is 13.1. The number of esters is 3. The third-order valence-corrected chi connectivity index (χ3v) is 10.9. The van der Waals surface area contributed by atoms with E-state index in [1.807, 2.05) is 0 Å². The summed E-state index contributed by atoms with van der Waals surface area (Å²) in [6, 6.07) is 0. The lowest BCUT2D eigenvalue weighted by Gasteiger charge is -2.18. The molecule has 1 atom stereocenters. The van der Waals surface area contributed by atoms with Crippen molar-refractivity contribution in [1.82, 2.24) is 0 Å². The summed E-state index contributed by atoms with van der Waals surface area (Å²) in [7, 11) is 0. The summed E-state index contributed by atoms with van der Waals surface area (Å²) in [5.41, 5.74) is 0. The number of allylic oxidation sites excluding steroid dienone is 8. The second-order valence-electron chi connectivity index (χ2n) is 16.9. The minimum atomic E-state index is -3.51. The highest BCUT2D eigenvalue weighted by Gasteiger charge is 2.19. The summed E-state index contributed by atoms with van der Waals surface area (Å²) in [4.78, 5) is 38.9. The van der Waals surface area contributed by atoms with Crippen molar-refractivity contribution in [3.63, 3.8) is 0 Å². The maximum Gasteiger partial charge on any atom is 0.306 e. The van der Waals surface area contributed by atoms with Gasteiger partial charge in [-0.25, -0.2) is 0 Å². The first kappa shape index (κ1) is 49.4. The van der Waals surface area contributed by atoms with E-state index in [4.69, 9.17) is 21.1 Å². The first-order chi connectivity index (χ1) is 31.9. The molecule has 0 saturated carbocycles. The van der Waals surface area contributed by atoms with E-state index in [1.165, 1.54) is 89.9 Å². The van der Waals surface area contributed by atoms with Crippen molar-refractivity contribution in [3.05, 3.63) is 48.6 Å². The minimum Gasteiger partial charge on any atom is -0.462 e. The summed E-state index contributed by atoms with van der Waals surface area (Å²) < 4.78 is 58.8. The lowest BCUT2D eigenvalue weighted by atomic mass is 10.0. The summed E-state index contributed by atoms with van der Waals surface area (Å²) in [6.45, 7) is -0.341. The van der Waals surface area contributed by atoms with Crippen LogP contribution >= 0.6 is 0 Å². The van der Waals surface area contributed by atoms with Crippen LogP contribution in [0.4, 0.5) is 0 Å². The van der Waals surface area contributed by atoms with Gasteiger partial charge in [-0.1, -0.05) is 217 Å². The predicted octanol–water partition coefficient (Wildman–Crippen LogP) is 17.1. The molecular weight excluding hydrogens is 757 g/mol. The van der Waals surface area contributed by atoms with Gasteiger partial charge in [0.25, 0.3) is 0 Å². The van der Waals surface area contributed by atoms with Crippen LogP contribution in [0.25, 0.3) is 0 Å². The molecule has 0 bridgehead atoms. The summed E-state index contributed by atoms with van der Waals surface area (Å²) in [6.07, 6.45) is 49.8. The van der Waals surface area contributed by atoms with Crippen LogP contribution in [-0.4, -0.2) is 37.1 Å².